The highest BCUT2D eigenvalue weighted by Gasteiger charge is 2.34. The quantitative estimate of drug-likeness (QED) is 0.789. The van der Waals surface area contributed by atoms with Gasteiger partial charge in [-0.2, -0.15) is 0 Å². The molecule has 0 spiro atoms. The number of likely N-dealkylation sites (tertiary alicyclic amines) is 1. The molecule has 1 aliphatic heterocycles. The molecule has 0 aromatic rings. The number of nitrogens with zero attached hydrogens (tertiary/aromatic N) is 2. The summed E-state index contributed by atoms with van der Waals surface area (Å²) in [6, 6.07) is -0.187. The van der Waals surface area contributed by atoms with Crippen LogP contribution in [0.25, 0.3) is 0 Å². The van der Waals surface area contributed by atoms with Crippen molar-refractivity contribution < 1.29 is 14.7 Å². The molecule has 1 heterocycles. The highest BCUT2D eigenvalue weighted by molar-refractivity contribution is 5.77. The summed E-state index contributed by atoms with van der Waals surface area (Å²) < 4.78 is 0. The maximum absolute atomic E-state index is 12.1. The van der Waals surface area contributed by atoms with E-state index >= 15 is 0 Å². The zero-order valence-corrected chi connectivity index (χ0v) is 12.4. The van der Waals surface area contributed by atoms with Crippen molar-refractivity contribution in [3.05, 3.63) is 0 Å². The number of carboxylic acids is 1. The van der Waals surface area contributed by atoms with Crippen LogP contribution in [0.4, 0.5) is 4.79 Å². The molecule has 1 aliphatic rings. The van der Waals surface area contributed by atoms with Crippen LogP contribution in [-0.2, 0) is 4.79 Å². The maximum atomic E-state index is 12.1. The molecule has 0 aliphatic carbocycles. The fraction of sp³-hybridized carbons (Fsp3) is 0.846. The van der Waals surface area contributed by atoms with Gasteiger partial charge in [0.15, 0.2) is 0 Å². The molecule has 1 rings (SSSR count). The van der Waals surface area contributed by atoms with E-state index in [1.165, 1.54) is 0 Å². The van der Waals surface area contributed by atoms with Crippen molar-refractivity contribution in [3.63, 3.8) is 0 Å². The minimum absolute atomic E-state index is 0.170. The molecule has 4 unspecified atom stereocenters. The largest absolute Gasteiger partial charge is 0.481 e. The van der Waals surface area contributed by atoms with E-state index in [9.17, 15) is 9.59 Å². The molecule has 0 bridgehead atoms. The van der Waals surface area contributed by atoms with E-state index in [0.717, 1.165) is 0 Å². The summed E-state index contributed by atoms with van der Waals surface area (Å²) in [5.74, 6) is -1.06. The van der Waals surface area contributed by atoms with Crippen LogP contribution < -0.4 is 5.32 Å². The molecule has 110 valence electrons. The summed E-state index contributed by atoms with van der Waals surface area (Å²) in [5.41, 5.74) is 0. The normalized spacial score (nSPS) is 26.3. The van der Waals surface area contributed by atoms with Crippen molar-refractivity contribution in [1.29, 1.82) is 0 Å². The topological polar surface area (TPSA) is 72.9 Å². The van der Waals surface area contributed by atoms with Crippen LogP contribution in [0.15, 0.2) is 0 Å². The standard InChI is InChI=1S/C13H25N3O3/c1-8-6-16(7-11(8)15(4)5)13(19)14-10(3)9(2)12(17)18/h8-11H,6-7H2,1-5H3,(H,14,19)(H,17,18). The first-order valence-corrected chi connectivity index (χ1v) is 6.68. The number of nitrogens with one attached hydrogen (secondary N) is 1. The fourth-order valence-electron chi connectivity index (χ4n) is 2.41. The highest BCUT2D eigenvalue weighted by atomic mass is 16.4. The Labute approximate surface area is 114 Å². The van der Waals surface area contributed by atoms with Gasteiger partial charge in [-0.05, 0) is 33.9 Å². The van der Waals surface area contributed by atoms with E-state index in [1.54, 1.807) is 18.7 Å². The van der Waals surface area contributed by atoms with E-state index in [2.05, 4.69) is 17.1 Å². The second kappa shape index (κ2) is 6.23. The molecule has 0 radical (unpaired) electrons. The van der Waals surface area contributed by atoms with Gasteiger partial charge in [0.25, 0.3) is 0 Å². The molecule has 1 fully saturated rings. The number of hydrogen-bond donors (Lipinski definition) is 2. The summed E-state index contributed by atoms with van der Waals surface area (Å²) >= 11 is 0. The number of hydrogen-bond acceptors (Lipinski definition) is 3. The Balaban J connectivity index is 2.54. The van der Waals surface area contributed by atoms with Gasteiger partial charge in [0, 0.05) is 25.2 Å². The highest BCUT2D eigenvalue weighted by Crippen LogP contribution is 2.20. The lowest BCUT2D eigenvalue weighted by Crippen LogP contribution is -2.47. The zero-order chi connectivity index (χ0) is 14.7. The number of urea groups is 1. The van der Waals surface area contributed by atoms with E-state index in [-0.39, 0.29) is 12.1 Å². The summed E-state index contributed by atoms with van der Waals surface area (Å²) in [6.45, 7) is 6.85. The van der Waals surface area contributed by atoms with Crippen molar-refractivity contribution in [2.75, 3.05) is 27.2 Å². The zero-order valence-electron chi connectivity index (χ0n) is 12.4. The fourth-order valence-corrected chi connectivity index (χ4v) is 2.41. The Morgan fingerprint density at radius 3 is 2.32 bits per heavy atom. The molecule has 6 nitrogen and oxygen atoms in total. The summed E-state index contributed by atoms with van der Waals surface area (Å²) in [4.78, 5) is 26.9. The van der Waals surface area contributed by atoms with Crippen LogP contribution in [0.3, 0.4) is 0 Å². The third-order valence-electron chi connectivity index (χ3n) is 4.01. The summed E-state index contributed by atoms with van der Waals surface area (Å²) in [5, 5.41) is 11.7. The number of carboxylic acid groups (broad SMARTS) is 1. The minimum Gasteiger partial charge on any atom is -0.481 e. The number of carbonyl (C=O) groups excluding carboxylic acids is 1. The van der Waals surface area contributed by atoms with Gasteiger partial charge in [-0.1, -0.05) is 6.92 Å². The van der Waals surface area contributed by atoms with Gasteiger partial charge in [-0.25, -0.2) is 4.79 Å². The average Bonchev–Trinajstić information content (AvgIpc) is 2.70. The number of rotatable bonds is 4. The van der Waals surface area contributed by atoms with Crippen molar-refractivity contribution >= 4 is 12.0 Å². The van der Waals surface area contributed by atoms with Gasteiger partial charge >= 0.3 is 12.0 Å². The van der Waals surface area contributed by atoms with E-state index < -0.39 is 11.9 Å². The summed E-state index contributed by atoms with van der Waals surface area (Å²) in [7, 11) is 4.02. The summed E-state index contributed by atoms with van der Waals surface area (Å²) in [6.07, 6.45) is 0. The van der Waals surface area contributed by atoms with E-state index in [4.69, 9.17) is 5.11 Å². The van der Waals surface area contributed by atoms with E-state index in [1.807, 2.05) is 14.1 Å². The molecular formula is C13H25N3O3. The van der Waals surface area contributed by atoms with Gasteiger partial charge in [0.2, 0.25) is 0 Å². The molecule has 4 atom stereocenters. The molecule has 1 saturated heterocycles. The number of carbonyl (C=O) groups is 2. The Morgan fingerprint density at radius 2 is 1.89 bits per heavy atom. The first kappa shape index (κ1) is 15.8. The van der Waals surface area contributed by atoms with Crippen molar-refractivity contribution in [3.8, 4) is 0 Å². The molecule has 0 aromatic carbocycles. The van der Waals surface area contributed by atoms with Crippen molar-refractivity contribution in [2.45, 2.75) is 32.9 Å². The second-order valence-corrected chi connectivity index (χ2v) is 5.78. The molecule has 0 saturated carbocycles. The first-order chi connectivity index (χ1) is 8.73. The van der Waals surface area contributed by atoms with Crippen LogP contribution in [0.2, 0.25) is 0 Å². The molecule has 0 aromatic heterocycles. The van der Waals surface area contributed by atoms with Gasteiger partial charge in [0.1, 0.15) is 0 Å². The Bertz CT molecular complexity index is 346. The van der Waals surface area contributed by atoms with Gasteiger partial charge in [0.05, 0.1) is 5.92 Å². The van der Waals surface area contributed by atoms with Gasteiger partial charge < -0.3 is 20.2 Å². The molecule has 19 heavy (non-hydrogen) atoms. The number of aliphatic carboxylic acids is 1. The smallest absolute Gasteiger partial charge is 0.317 e. The average molecular weight is 271 g/mol. The Morgan fingerprint density at radius 1 is 1.32 bits per heavy atom. The number of amides is 2. The predicted octanol–water partition coefficient (Wildman–Crippen LogP) is 0.687. The first-order valence-electron chi connectivity index (χ1n) is 6.68. The monoisotopic (exact) mass is 271 g/mol. The molecular weight excluding hydrogens is 246 g/mol. The molecule has 6 heteroatoms. The second-order valence-electron chi connectivity index (χ2n) is 5.78. The molecule has 2 N–H and O–H groups in total. The third kappa shape index (κ3) is 3.83. The van der Waals surface area contributed by atoms with Gasteiger partial charge in [-0.15, -0.1) is 0 Å². The minimum atomic E-state index is -0.895. The van der Waals surface area contributed by atoms with Gasteiger partial charge in [-0.3, -0.25) is 4.79 Å². The van der Waals surface area contributed by atoms with Crippen molar-refractivity contribution in [2.24, 2.45) is 11.8 Å². The Hall–Kier alpha value is -1.30. The number of likely N-dealkylation sites (N-methyl/N-ethyl adjacent to an activating group) is 1. The molecule has 2 amide bonds. The lowest BCUT2D eigenvalue weighted by atomic mass is 10.0. The van der Waals surface area contributed by atoms with Crippen LogP contribution in [0.1, 0.15) is 20.8 Å². The van der Waals surface area contributed by atoms with Crippen LogP contribution >= 0.6 is 0 Å². The lowest BCUT2D eigenvalue weighted by Gasteiger charge is -2.24. The van der Waals surface area contributed by atoms with Crippen LogP contribution in [-0.4, -0.2) is 66.2 Å². The third-order valence-corrected chi connectivity index (χ3v) is 4.01. The van der Waals surface area contributed by atoms with Crippen molar-refractivity contribution in [1.82, 2.24) is 15.1 Å². The maximum Gasteiger partial charge on any atom is 0.317 e. The lowest BCUT2D eigenvalue weighted by molar-refractivity contribution is -0.141. The van der Waals surface area contributed by atoms with Crippen LogP contribution in [0, 0.1) is 11.8 Å². The SMILES string of the molecule is CC1CN(C(=O)NC(C)C(C)C(=O)O)CC1N(C)C. The Kier molecular flexibility index (Phi) is 5.17. The predicted molar refractivity (Wildman–Crippen MR) is 73.0 cm³/mol. The van der Waals surface area contributed by atoms with E-state index in [0.29, 0.717) is 25.0 Å². The van der Waals surface area contributed by atoms with Crippen LogP contribution in [0.5, 0.6) is 0 Å².